The molecule has 92 valence electrons. The molecule has 0 saturated carbocycles. The molecule has 5 heteroatoms. The normalized spacial score (nSPS) is 18.4. The Labute approximate surface area is 105 Å². The van der Waals surface area contributed by atoms with E-state index in [0.717, 1.165) is 13.1 Å². The lowest BCUT2D eigenvalue weighted by Gasteiger charge is -2.21. The van der Waals surface area contributed by atoms with Gasteiger partial charge in [0.1, 0.15) is 0 Å². The summed E-state index contributed by atoms with van der Waals surface area (Å²) in [5.74, 6) is 0. The lowest BCUT2D eigenvalue weighted by Crippen LogP contribution is -2.34. The maximum Gasteiger partial charge on any atom is 0.0805 e. The minimum absolute atomic E-state index is 0.278. The third-order valence-corrected chi connectivity index (χ3v) is 2.85. The Morgan fingerprint density at radius 1 is 1.11 bits per heavy atom. The number of allylic oxidation sites excluding steroid dienone is 3. The molecule has 0 saturated heterocycles. The number of nitrogens with zero attached hydrogens (tertiary/aromatic N) is 4. The van der Waals surface area contributed by atoms with Crippen LogP contribution in [0.25, 0.3) is 0 Å². The minimum atomic E-state index is 0.278. The summed E-state index contributed by atoms with van der Waals surface area (Å²) < 4.78 is 3.84. The first kappa shape index (κ1) is 10.8. The Hall–Kier alpha value is -2.30. The predicted molar refractivity (Wildman–Crippen MR) is 68.6 cm³/mol. The van der Waals surface area contributed by atoms with Crippen LogP contribution < -0.4 is 5.32 Å². The van der Waals surface area contributed by atoms with E-state index in [1.807, 2.05) is 33.9 Å². The van der Waals surface area contributed by atoms with Gasteiger partial charge in [-0.2, -0.15) is 10.2 Å². The summed E-state index contributed by atoms with van der Waals surface area (Å²) >= 11 is 0. The van der Waals surface area contributed by atoms with Gasteiger partial charge in [-0.05, 0) is 18.2 Å². The monoisotopic (exact) mass is 241 g/mol. The van der Waals surface area contributed by atoms with Gasteiger partial charge in [-0.15, -0.1) is 0 Å². The first-order valence-corrected chi connectivity index (χ1v) is 5.99. The van der Waals surface area contributed by atoms with Crippen molar-refractivity contribution in [3.63, 3.8) is 0 Å². The Kier molecular flexibility index (Phi) is 2.96. The maximum atomic E-state index is 4.22. The van der Waals surface area contributed by atoms with Crippen LogP contribution in [0.5, 0.6) is 0 Å². The van der Waals surface area contributed by atoms with E-state index in [2.05, 4.69) is 33.7 Å². The summed E-state index contributed by atoms with van der Waals surface area (Å²) in [6.45, 7) is 1.60. The van der Waals surface area contributed by atoms with Gasteiger partial charge in [0.2, 0.25) is 0 Å². The Morgan fingerprint density at radius 3 is 2.61 bits per heavy atom. The molecule has 0 fully saturated rings. The highest BCUT2D eigenvalue weighted by atomic mass is 15.3. The number of rotatable bonds is 4. The molecule has 0 spiro atoms. The maximum absolute atomic E-state index is 4.22. The molecule has 0 amide bonds. The molecule has 1 atom stereocenters. The SMILES string of the molecule is C1=CC(Cn2cccn2)NC(Cn2cccn2)=C1. The van der Waals surface area contributed by atoms with Gasteiger partial charge in [-0.25, -0.2) is 0 Å². The fourth-order valence-corrected chi connectivity index (χ4v) is 2.02. The molecule has 18 heavy (non-hydrogen) atoms. The average Bonchev–Trinajstić information content (AvgIpc) is 3.03. The summed E-state index contributed by atoms with van der Waals surface area (Å²) in [6.07, 6.45) is 13.8. The standard InChI is InChI=1S/C13H15N5/c1-4-12(10-17-8-2-6-14-17)16-13(5-1)11-18-9-3-7-15-18/h1-9,12,16H,10-11H2. The number of dihydropyridines is 1. The fourth-order valence-electron chi connectivity index (χ4n) is 2.02. The van der Waals surface area contributed by atoms with Crippen molar-refractivity contribution in [1.82, 2.24) is 24.9 Å². The number of hydrogen-bond acceptors (Lipinski definition) is 3. The number of hydrogen-bond donors (Lipinski definition) is 1. The second-order valence-corrected chi connectivity index (χ2v) is 4.26. The van der Waals surface area contributed by atoms with Gasteiger partial charge in [-0.3, -0.25) is 9.36 Å². The van der Waals surface area contributed by atoms with E-state index in [-0.39, 0.29) is 6.04 Å². The van der Waals surface area contributed by atoms with E-state index >= 15 is 0 Å². The zero-order chi connectivity index (χ0) is 12.2. The molecule has 0 aliphatic carbocycles. The van der Waals surface area contributed by atoms with Gasteiger partial charge >= 0.3 is 0 Å². The molecule has 2 aromatic heterocycles. The zero-order valence-electron chi connectivity index (χ0n) is 9.98. The zero-order valence-corrected chi connectivity index (χ0v) is 9.98. The van der Waals surface area contributed by atoms with E-state index in [9.17, 15) is 0 Å². The van der Waals surface area contributed by atoms with Crippen molar-refractivity contribution in [2.75, 3.05) is 0 Å². The van der Waals surface area contributed by atoms with Gasteiger partial charge < -0.3 is 5.32 Å². The first-order chi connectivity index (χ1) is 8.90. The predicted octanol–water partition coefficient (Wildman–Crippen LogP) is 1.19. The van der Waals surface area contributed by atoms with E-state index < -0.39 is 0 Å². The Morgan fingerprint density at radius 2 is 1.89 bits per heavy atom. The van der Waals surface area contributed by atoms with Crippen LogP contribution in [0.15, 0.2) is 60.8 Å². The molecule has 1 unspecified atom stereocenters. The van der Waals surface area contributed by atoms with E-state index in [1.54, 1.807) is 12.4 Å². The molecule has 1 aliphatic rings. The van der Waals surface area contributed by atoms with Gasteiger partial charge in [0.15, 0.2) is 0 Å². The van der Waals surface area contributed by atoms with Crippen molar-refractivity contribution < 1.29 is 0 Å². The minimum Gasteiger partial charge on any atom is -0.379 e. The molecule has 1 N–H and O–H groups in total. The first-order valence-electron chi connectivity index (χ1n) is 5.99. The highest BCUT2D eigenvalue weighted by Crippen LogP contribution is 2.06. The van der Waals surface area contributed by atoms with Crippen LogP contribution >= 0.6 is 0 Å². The Bertz CT molecular complexity index is 536. The van der Waals surface area contributed by atoms with E-state index in [4.69, 9.17) is 0 Å². The van der Waals surface area contributed by atoms with Crippen molar-refractivity contribution >= 4 is 0 Å². The lowest BCUT2D eigenvalue weighted by atomic mass is 10.2. The van der Waals surface area contributed by atoms with Crippen LogP contribution in [0.3, 0.4) is 0 Å². The van der Waals surface area contributed by atoms with Crippen molar-refractivity contribution in [2.45, 2.75) is 19.1 Å². The van der Waals surface area contributed by atoms with Crippen LogP contribution in [0, 0.1) is 0 Å². The molecular weight excluding hydrogens is 226 g/mol. The number of nitrogens with one attached hydrogen (secondary N) is 1. The van der Waals surface area contributed by atoms with Crippen molar-refractivity contribution in [3.05, 3.63) is 60.8 Å². The van der Waals surface area contributed by atoms with E-state index in [0.29, 0.717) is 0 Å². The lowest BCUT2D eigenvalue weighted by molar-refractivity contribution is 0.494. The third kappa shape index (κ3) is 2.51. The van der Waals surface area contributed by atoms with Gasteiger partial charge in [-0.1, -0.05) is 12.2 Å². The van der Waals surface area contributed by atoms with Crippen LogP contribution in [0.4, 0.5) is 0 Å². The Balaban J connectivity index is 1.61. The third-order valence-electron chi connectivity index (χ3n) is 2.85. The van der Waals surface area contributed by atoms with Crippen LogP contribution in [-0.2, 0) is 13.1 Å². The highest BCUT2D eigenvalue weighted by molar-refractivity contribution is 5.19. The second kappa shape index (κ2) is 4.91. The molecule has 3 heterocycles. The van der Waals surface area contributed by atoms with Crippen LogP contribution in [0.1, 0.15) is 0 Å². The van der Waals surface area contributed by atoms with Crippen molar-refractivity contribution in [2.24, 2.45) is 0 Å². The fraction of sp³-hybridized carbons (Fsp3) is 0.231. The smallest absolute Gasteiger partial charge is 0.0805 e. The topological polar surface area (TPSA) is 47.7 Å². The summed E-state index contributed by atoms with van der Waals surface area (Å²) in [5, 5.41) is 11.9. The molecule has 5 nitrogen and oxygen atoms in total. The van der Waals surface area contributed by atoms with Gasteiger partial charge in [0.25, 0.3) is 0 Å². The van der Waals surface area contributed by atoms with Crippen LogP contribution in [0.2, 0.25) is 0 Å². The van der Waals surface area contributed by atoms with E-state index in [1.165, 1.54) is 5.70 Å². The molecule has 3 rings (SSSR count). The molecule has 0 aromatic carbocycles. The summed E-state index contributed by atoms with van der Waals surface area (Å²) in [7, 11) is 0. The van der Waals surface area contributed by atoms with Crippen LogP contribution in [-0.4, -0.2) is 25.6 Å². The molecular formula is C13H15N5. The average molecular weight is 241 g/mol. The second-order valence-electron chi connectivity index (χ2n) is 4.26. The number of aromatic nitrogens is 4. The van der Waals surface area contributed by atoms with Gasteiger partial charge in [0.05, 0.1) is 19.1 Å². The quantitative estimate of drug-likeness (QED) is 0.874. The molecule has 1 aliphatic heterocycles. The highest BCUT2D eigenvalue weighted by Gasteiger charge is 2.11. The molecule has 2 aromatic rings. The van der Waals surface area contributed by atoms with Crippen molar-refractivity contribution in [1.29, 1.82) is 0 Å². The summed E-state index contributed by atoms with van der Waals surface area (Å²) in [6, 6.07) is 4.15. The molecule has 0 bridgehead atoms. The molecule has 0 radical (unpaired) electrons. The largest absolute Gasteiger partial charge is 0.379 e. The van der Waals surface area contributed by atoms with Crippen molar-refractivity contribution in [3.8, 4) is 0 Å². The van der Waals surface area contributed by atoms with Gasteiger partial charge in [0, 0.05) is 30.5 Å². The summed E-state index contributed by atoms with van der Waals surface area (Å²) in [4.78, 5) is 0. The summed E-state index contributed by atoms with van der Waals surface area (Å²) in [5.41, 5.74) is 1.17.